The highest BCUT2D eigenvalue weighted by Crippen LogP contribution is 2.36. The number of nitrogens with one attached hydrogen (secondary N) is 1. The molecule has 21 heavy (non-hydrogen) atoms. The standard InChI is InChI=1S/C18H30N2O/c1-4-12-19-18(14-21)11-10-16(13-18)20(5-2)17-9-7-6-8-15(17)3/h6-9,16,19,21H,4-5,10-14H2,1-3H3. The summed E-state index contributed by atoms with van der Waals surface area (Å²) in [6.07, 6.45) is 4.36. The van der Waals surface area contributed by atoms with Crippen molar-refractivity contribution in [3.63, 3.8) is 0 Å². The lowest BCUT2D eigenvalue weighted by atomic mass is 9.98. The van der Waals surface area contributed by atoms with Crippen LogP contribution in [0.5, 0.6) is 0 Å². The molecular formula is C18H30N2O. The number of anilines is 1. The molecule has 1 aromatic rings. The molecule has 118 valence electrons. The molecule has 1 aliphatic rings. The Balaban J connectivity index is 2.12. The Morgan fingerprint density at radius 2 is 2.10 bits per heavy atom. The van der Waals surface area contributed by atoms with Crippen LogP contribution < -0.4 is 10.2 Å². The van der Waals surface area contributed by atoms with E-state index in [2.05, 4.69) is 55.3 Å². The Hall–Kier alpha value is -1.06. The van der Waals surface area contributed by atoms with E-state index in [1.807, 2.05) is 0 Å². The smallest absolute Gasteiger partial charge is 0.0614 e. The maximum atomic E-state index is 9.86. The van der Waals surface area contributed by atoms with Crippen molar-refractivity contribution in [2.45, 2.75) is 58.0 Å². The zero-order chi connectivity index (χ0) is 15.3. The third-order valence-corrected chi connectivity index (χ3v) is 4.84. The van der Waals surface area contributed by atoms with E-state index in [0.29, 0.717) is 6.04 Å². The highest BCUT2D eigenvalue weighted by atomic mass is 16.3. The van der Waals surface area contributed by atoms with E-state index in [9.17, 15) is 5.11 Å². The summed E-state index contributed by atoms with van der Waals surface area (Å²) in [5, 5.41) is 13.5. The lowest BCUT2D eigenvalue weighted by Crippen LogP contribution is -2.48. The van der Waals surface area contributed by atoms with Crippen molar-refractivity contribution in [1.29, 1.82) is 0 Å². The van der Waals surface area contributed by atoms with Gasteiger partial charge in [0.05, 0.1) is 6.61 Å². The van der Waals surface area contributed by atoms with E-state index in [4.69, 9.17) is 0 Å². The molecule has 1 aliphatic carbocycles. The first-order chi connectivity index (χ1) is 10.2. The Labute approximate surface area is 129 Å². The molecule has 0 saturated heterocycles. The van der Waals surface area contributed by atoms with Gasteiger partial charge in [0.1, 0.15) is 0 Å². The zero-order valence-electron chi connectivity index (χ0n) is 13.7. The highest BCUT2D eigenvalue weighted by Gasteiger charge is 2.40. The molecular weight excluding hydrogens is 260 g/mol. The van der Waals surface area contributed by atoms with Crippen molar-refractivity contribution in [3.05, 3.63) is 29.8 Å². The van der Waals surface area contributed by atoms with E-state index in [0.717, 1.165) is 38.8 Å². The van der Waals surface area contributed by atoms with Gasteiger partial charge in [-0.05, 0) is 57.7 Å². The normalized spacial score (nSPS) is 25.2. The second kappa shape index (κ2) is 7.28. The third-order valence-electron chi connectivity index (χ3n) is 4.84. The number of hydrogen-bond acceptors (Lipinski definition) is 3. The van der Waals surface area contributed by atoms with Gasteiger partial charge in [0.15, 0.2) is 0 Å². The van der Waals surface area contributed by atoms with Crippen molar-refractivity contribution in [2.24, 2.45) is 0 Å². The van der Waals surface area contributed by atoms with Crippen LogP contribution in [0, 0.1) is 6.92 Å². The largest absolute Gasteiger partial charge is 0.394 e. The van der Waals surface area contributed by atoms with Gasteiger partial charge in [0, 0.05) is 23.8 Å². The third kappa shape index (κ3) is 3.58. The number of aliphatic hydroxyl groups excluding tert-OH is 1. The SMILES string of the molecule is CCCNC1(CO)CCC(N(CC)c2ccccc2C)C1. The molecule has 0 amide bonds. The van der Waals surface area contributed by atoms with Crippen molar-refractivity contribution >= 4 is 5.69 Å². The number of hydrogen-bond donors (Lipinski definition) is 2. The summed E-state index contributed by atoms with van der Waals surface area (Å²) in [6.45, 7) is 8.84. The van der Waals surface area contributed by atoms with Crippen LogP contribution in [0.1, 0.15) is 45.1 Å². The number of benzene rings is 1. The van der Waals surface area contributed by atoms with E-state index >= 15 is 0 Å². The van der Waals surface area contributed by atoms with Crippen LogP contribution in [0.25, 0.3) is 0 Å². The van der Waals surface area contributed by atoms with E-state index in [1.54, 1.807) is 0 Å². The van der Waals surface area contributed by atoms with Crippen LogP contribution in [0.2, 0.25) is 0 Å². The number of nitrogens with zero attached hydrogens (tertiary/aromatic N) is 1. The molecule has 0 bridgehead atoms. The maximum absolute atomic E-state index is 9.86. The van der Waals surface area contributed by atoms with Gasteiger partial charge in [-0.15, -0.1) is 0 Å². The predicted octanol–water partition coefficient (Wildman–Crippen LogP) is 3.10. The van der Waals surface area contributed by atoms with Crippen molar-refractivity contribution in [2.75, 3.05) is 24.6 Å². The Bertz CT molecular complexity index is 449. The number of rotatable bonds is 7. The van der Waals surface area contributed by atoms with Crippen LogP contribution in [0.4, 0.5) is 5.69 Å². The van der Waals surface area contributed by atoms with Crippen LogP contribution in [-0.4, -0.2) is 36.4 Å². The Morgan fingerprint density at radius 1 is 1.33 bits per heavy atom. The van der Waals surface area contributed by atoms with Gasteiger partial charge < -0.3 is 15.3 Å². The van der Waals surface area contributed by atoms with Crippen LogP contribution in [0.3, 0.4) is 0 Å². The summed E-state index contributed by atoms with van der Waals surface area (Å²) in [5.41, 5.74) is 2.60. The Morgan fingerprint density at radius 3 is 2.71 bits per heavy atom. The predicted molar refractivity (Wildman–Crippen MR) is 89.9 cm³/mol. The summed E-state index contributed by atoms with van der Waals surface area (Å²) in [6, 6.07) is 9.14. The lowest BCUT2D eigenvalue weighted by Gasteiger charge is -2.34. The summed E-state index contributed by atoms with van der Waals surface area (Å²) >= 11 is 0. The molecule has 1 aromatic carbocycles. The lowest BCUT2D eigenvalue weighted by molar-refractivity contribution is 0.163. The molecule has 2 unspecified atom stereocenters. The molecule has 1 saturated carbocycles. The molecule has 3 heteroatoms. The van der Waals surface area contributed by atoms with Gasteiger partial charge in [0.2, 0.25) is 0 Å². The molecule has 2 atom stereocenters. The van der Waals surface area contributed by atoms with Crippen LogP contribution in [0.15, 0.2) is 24.3 Å². The maximum Gasteiger partial charge on any atom is 0.0614 e. The second-order valence-electron chi connectivity index (χ2n) is 6.33. The van der Waals surface area contributed by atoms with Gasteiger partial charge in [-0.1, -0.05) is 25.1 Å². The molecule has 2 rings (SSSR count). The fourth-order valence-electron chi connectivity index (χ4n) is 3.63. The summed E-state index contributed by atoms with van der Waals surface area (Å²) in [7, 11) is 0. The van der Waals surface area contributed by atoms with Crippen molar-refractivity contribution in [1.82, 2.24) is 5.32 Å². The van der Waals surface area contributed by atoms with E-state index in [1.165, 1.54) is 11.3 Å². The summed E-state index contributed by atoms with van der Waals surface area (Å²) in [4.78, 5) is 2.51. The van der Waals surface area contributed by atoms with Gasteiger partial charge >= 0.3 is 0 Å². The highest BCUT2D eigenvalue weighted by molar-refractivity contribution is 5.54. The summed E-state index contributed by atoms with van der Waals surface area (Å²) in [5.74, 6) is 0. The quantitative estimate of drug-likeness (QED) is 0.810. The first-order valence-electron chi connectivity index (χ1n) is 8.34. The fourth-order valence-corrected chi connectivity index (χ4v) is 3.63. The molecule has 0 aromatic heterocycles. The van der Waals surface area contributed by atoms with Gasteiger partial charge in [-0.2, -0.15) is 0 Å². The molecule has 1 fully saturated rings. The average Bonchev–Trinajstić information content (AvgIpc) is 2.93. The van der Waals surface area contributed by atoms with Crippen molar-refractivity contribution < 1.29 is 5.11 Å². The molecule has 0 heterocycles. The monoisotopic (exact) mass is 290 g/mol. The summed E-state index contributed by atoms with van der Waals surface area (Å²) < 4.78 is 0. The minimum atomic E-state index is -0.0726. The zero-order valence-corrected chi connectivity index (χ0v) is 13.7. The van der Waals surface area contributed by atoms with Crippen LogP contribution >= 0.6 is 0 Å². The number of aliphatic hydroxyl groups is 1. The average molecular weight is 290 g/mol. The van der Waals surface area contributed by atoms with Gasteiger partial charge in [0.25, 0.3) is 0 Å². The minimum Gasteiger partial charge on any atom is -0.394 e. The van der Waals surface area contributed by atoms with Crippen molar-refractivity contribution in [3.8, 4) is 0 Å². The molecule has 3 nitrogen and oxygen atoms in total. The first kappa shape index (κ1) is 16.3. The topological polar surface area (TPSA) is 35.5 Å². The molecule has 0 aliphatic heterocycles. The molecule has 0 radical (unpaired) electrons. The van der Waals surface area contributed by atoms with Gasteiger partial charge in [-0.25, -0.2) is 0 Å². The fraction of sp³-hybridized carbons (Fsp3) is 0.667. The number of para-hydroxylation sites is 1. The van der Waals surface area contributed by atoms with Crippen LogP contribution in [-0.2, 0) is 0 Å². The molecule has 2 N–H and O–H groups in total. The number of aryl methyl sites for hydroxylation is 1. The van der Waals surface area contributed by atoms with E-state index in [-0.39, 0.29) is 12.1 Å². The van der Waals surface area contributed by atoms with Gasteiger partial charge in [-0.3, -0.25) is 0 Å². The first-order valence-corrected chi connectivity index (χ1v) is 8.34. The second-order valence-corrected chi connectivity index (χ2v) is 6.33. The Kier molecular flexibility index (Phi) is 5.65. The minimum absolute atomic E-state index is 0.0726. The van der Waals surface area contributed by atoms with E-state index < -0.39 is 0 Å². The molecule has 0 spiro atoms.